The van der Waals surface area contributed by atoms with Crippen LogP contribution in [0.2, 0.25) is 10.0 Å². The van der Waals surface area contributed by atoms with Crippen LogP contribution < -0.4 is 10.5 Å². The van der Waals surface area contributed by atoms with Gasteiger partial charge in [0.05, 0.1) is 10.0 Å². The highest BCUT2D eigenvalue weighted by Crippen LogP contribution is 2.37. The number of nitrogens with two attached hydrogens (primary N) is 1. The molecular formula is C12H10Cl2N4O2. The van der Waals surface area contributed by atoms with E-state index in [0.717, 1.165) is 0 Å². The van der Waals surface area contributed by atoms with Gasteiger partial charge in [-0.2, -0.15) is 15.4 Å². The van der Waals surface area contributed by atoms with Gasteiger partial charge < -0.3 is 10.5 Å². The second-order valence-electron chi connectivity index (χ2n) is 3.75. The molecule has 2 aromatic rings. The molecule has 2 rings (SSSR count). The van der Waals surface area contributed by atoms with E-state index in [2.05, 4.69) is 22.0 Å². The number of nitrogens with one attached hydrogen (secondary N) is 1. The molecule has 0 spiro atoms. The molecule has 1 amide bonds. The highest BCUT2D eigenvalue weighted by atomic mass is 35.5. The molecule has 3 N–H and O–H groups in total. The van der Waals surface area contributed by atoms with Crippen molar-refractivity contribution in [1.82, 2.24) is 15.4 Å². The normalized spacial score (nSPS) is 10.3. The Hall–Kier alpha value is -2.05. The van der Waals surface area contributed by atoms with Gasteiger partial charge in [-0.15, -0.1) is 0 Å². The summed E-state index contributed by atoms with van der Waals surface area (Å²) in [7, 11) is 0. The van der Waals surface area contributed by atoms with E-state index >= 15 is 0 Å². The molecule has 0 radical (unpaired) electrons. The average Bonchev–Trinajstić information content (AvgIpc) is 2.87. The van der Waals surface area contributed by atoms with Gasteiger partial charge in [0.25, 0.3) is 5.91 Å². The quantitative estimate of drug-likeness (QED) is 0.829. The van der Waals surface area contributed by atoms with Crippen molar-refractivity contribution in [3.05, 3.63) is 40.5 Å². The van der Waals surface area contributed by atoms with Crippen LogP contribution in [0.1, 0.15) is 10.5 Å². The van der Waals surface area contributed by atoms with Gasteiger partial charge in [-0.05, 0) is 12.1 Å². The number of benzene rings is 1. The summed E-state index contributed by atoms with van der Waals surface area (Å²) in [5, 5.41) is 10.5. The molecule has 0 aliphatic rings. The van der Waals surface area contributed by atoms with Gasteiger partial charge in [-0.25, -0.2) is 0 Å². The Labute approximate surface area is 124 Å². The van der Waals surface area contributed by atoms with E-state index in [9.17, 15) is 4.79 Å². The Morgan fingerprint density at radius 3 is 2.60 bits per heavy atom. The summed E-state index contributed by atoms with van der Waals surface area (Å²) >= 11 is 12.2. The molecular weight excluding hydrogens is 303 g/mol. The van der Waals surface area contributed by atoms with E-state index in [1.54, 1.807) is 18.2 Å². The average molecular weight is 313 g/mol. The van der Waals surface area contributed by atoms with E-state index in [1.165, 1.54) is 0 Å². The van der Waals surface area contributed by atoms with Crippen molar-refractivity contribution in [1.29, 1.82) is 0 Å². The van der Waals surface area contributed by atoms with Crippen LogP contribution in [-0.2, 0) is 0 Å². The SMILES string of the molecule is C=CCOc1c(Cl)cc(-c2n[nH]nc2C(N)=O)cc1Cl. The Balaban J connectivity index is 2.46. The zero-order valence-electron chi connectivity index (χ0n) is 10.2. The number of hydrogen-bond donors (Lipinski definition) is 2. The number of primary amides is 1. The van der Waals surface area contributed by atoms with Crippen molar-refractivity contribution >= 4 is 29.1 Å². The van der Waals surface area contributed by atoms with Crippen LogP contribution in [-0.4, -0.2) is 27.9 Å². The standard InChI is InChI=1S/C12H10Cl2N4O2/c1-2-3-20-11-7(13)4-6(5-8(11)14)9-10(12(15)19)17-18-16-9/h2,4-5H,1,3H2,(H2,15,19)(H,16,17,18). The molecule has 0 fully saturated rings. The largest absolute Gasteiger partial charge is 0.486 e. The molecule has 0 aliphatic carbocycles. The highest BCUT2D eigenvalue weighted by Gasteiger charge is 2.18. The molecule has 0 bridgehead atoms. The predicted octanol–water partition coefficient (Wildman–Crippen LogP) is 2.44. The molecule has 0 aliphatic heterocycles. The third-order valence-electron chi connectivity index (χ3n) is 2.40. The van der Waals surface area contributed by atoms with Crippen LogP contribution in [0.4, 0.5) is 0 Å². The molecule has 0 unspecified atom stereocenters. The number of aromatic amines is 1. The van der Waals surface area contributed by atoms with Crippen LogP contribution >= 0.6 is 23.2 Å². The molecule has 6 nitrogen and oxygen atoms in total. The lowest BCUT2D eigenvalue weighted by atomic mass is 10.1. The van der Waals surface area contributed by atoms with Crippen molar-refractivity contribution in [2.75, 3.05) is 6.61 Å². The predicted molar refractivity (Wildman–Crippen MR) is 76.0 cm³/mol. The molecule has 1 heterocycles. The number of H-pyrrole nitrogens is 1. The topological polar surface area (TPSA) is 93.9 Å². The molecule has 8 heteroatoms. The first kappa shape index (κ1) is 14.4. The van der Waals surface area contributed by atoms with E-state index in [-0.39, 0.29) is 28.0 Å². The second kappa shape index (κ2) is 5.94. The summed E-state index contributed by atoms with van der Waals surface area (Å²) < 4.78 is 5.35. The number of carbonyl (C=O) groups excluding carboxylic acids is 1. The number of carbonyl (C=O) groups is 1. The van der Waals surface area contributed by atoms with Gasteiger partial charge in [0, 0.05) is 5.56 Å². The molecule has 0 saturated heterocycles. The van der Waals surface area contributed by atoms with Crippen LogP contribution in [0.5, 0.6) is 5.75 Å². The fraction of sp³-hybridized carbons (Fsp3) is 0.0833. The summed E-state index contributed by atoms with van der Waals surface area (Å²) in [6.45, 7) is 3.81. The Morgan fingerprint density at radius 1 is 1.40 bits per heavy atom. The lowest BCUT2D eigenvalue weighted by Gasteiger charge is -2.09. The Kier molecular flexibility index (Phi) is 4.26. The molecule has 0 atom stereocenters. The zero-order chi connectivity index (χ0) is 14.7. The maximum atomic E-state index is 11.2. The van der Waals surface area contributed by atoms with E-state index < -0.39 is 5.91 Å². The van der Waals surface area contributed by atoms with Crippen molar-refractivity contribution in [3.63, 3.8) is 0 Å². The minimum atomic E-state index is -0.701. The lowest BCUT2D eigenvalue weighted by Crippen LogP contribution is -2.12. The Bertz CT molecular complexity index is 646. The van der Waals surface area contributed by atoms with E-state index in [0.29, 0.717) is 11.3 Å². The van der Waals surface area contributed by atoms with Gasteiger partial charge in [-0.3, -0.25) is 4.79 Å². The minimum Gasteiger partial charge on any atom is -0.486 e. The van der Waals surface area contributed by atoms with Gasteiger partial charge >= 0.3 is 0 Å². The van der Waals surface area contributed by atoms with E-state index in [4.69, 9.17) is 33.7 Å². The summed E-state index contributed by atoms with van der Waals surface area (Å²) in [5.74, 6) is -0.367. The molecule has 1 aromatic heterocycles. The number of ether oxygens (including phenoxy) is 1. The number of halogens is 2. The third kappa shape index (κ3) is 2.76. The maximum Gasteiger partial charge on any atom is 0.271 e. The number of nitrogens with zero attached hydrogens (tertiary/aromatic N) is 2. The number of amides is 1. The number of hydrogen-bond acceptors (Lipinski definition) is 4. The van der Waals surface area contributed by atoms with Gasteiger partial charge in [0.1, 0.15) is 12.3 Å². The first-order chi connectivity index (χ1) is 9.54. The fourth-order valence-corrected chi connectivity index (χ4v) is 2.18. The maximum absolute atomic E-state index is 11.2. The molecule has 104 valence electrons. The first-order valence-electron chi connectivity index (χ1n) is 5.48. The molecule has 1 aromatic carbocycles. The molecule has 0 saturated carbocycles. The van der Waals surface area contributed by atoms with Gasteiger partial charge in [0.2, 0.25) is 0 Å². The van der Waals surface area contributed by atoms with Crippen LogP contribution in [0, 0.1) is 0 Å². The van der Waals surface area contributed by atoms with Crippen LogP contribution in [0.25, 0.3) is 11.3 Å². The highest BCUT2D eigenvalue weighted by molar-refractivity contribution is 6.37. The minimum absolute atomic E-state index is 0.0110. The summed E-state index contributed by atoms with van der Waals surface area (Å²) in [6.07, 6.45) is 1.57. The summed E-state index contributed by atoms with van der Waals surface area (Å²) in [4.78, 5) is 11.2. The monoisotopic (exact) mass is 312 g/mol. The van der Waals surface area contributed by atoms with Crippen LogP contribution in [0.3, 0.4) is 0 Å². The van der Waals surface area contributed by atoms with Crippen molar-refractivity contribution < 1.29 is 9.53 Å². The fourth-order valence-electron chi connectivity index (χ4n) is 1.58. The third-order valence-corrected chi connectivity index (χ3v) is 2.96. The van der Waals surface area contributed by atoms with Crippen molar-refractivity contribution in [2.24, 2.45) is 5.73 Å². The number of rotatable bonds is 5. The number of aromatic nitrogens is 3. The van der Waals surface area contributed by atoms with Crippen LogP contribution in [0.15, 0.2) is 24.8 Å². The zero-order valence-corrected chi connectivity index (χ0v) is 11.7. The van der Waals surface area contributed by atoms with Gasteiger partial charge in [0.15, 0.2) is 11.4 Å². The van der Waals surface area contributed by atoms with Gasteiger partial charge in [-0.1, -0.05) is 35.9 Å². The first-order valence-corrected chi connectivity index (χ1v) is 6.24. The van der Waals surface area contributed by atoms with Crippen molar-refractivity contribution in [2.45, 2.75) is 0 Å². The Morgan fingerprint density at radius 2 is 2.05 bits per heavy atom. The summed E-state index contributed by atoms with van der Waals surface area (Å²) in [5.41, 5.74) is 6.00. The summed E-state index contributed by atoms with van der Waals surface area (Å²) in [6, 6.07) is 3.13. The lowest BCUT2D eigenvalue weighted by molar-refractivity contribution is 0.0996. The van der Waals surface area contributed by atoms with E-state index in [1.807, 2.05) is 0 Å². The molecule has 20 heavy (non-hydrogen) atoms. The smallest absolute Gasteiger partial charge is 0.271 e. The van der Waals surface area contributed by atoms with Crippen molar-refractivity contribution in [3.8, 4) is 17.0 Å². The second-order valence-corrected chi connectivity index (χ2v) is 4.57.